The smallest absolute Gasteiger partial charge is 0.227 e. The molecule has 0 bridgehead atoms. The molecule has 1 aromatic heterocycles. The van der Waals surface area contributed by atoms with Gasteiger partial charge in [-0.15, -0.1) is 0 Å². The largest absolute Gasteiger partial charge is 0.378 e. The fourth-order valence-corrected chi connectivity index (χ4v) is 1.76. The van der Waals surface area contributed by atoms with Crippen LogP contribution in [0.3, 0.4) is 0 Å². The average molecular weight is 238 g/mol. The molecule has 0 aliphatic carbocycles. The van der Waals surface area contributed by atoms with Crippen LogP contribution in [0.15, 0.2) is 0 Å². The molecule has 6 nitrogen and oxygen atoms in total. The summed E-state index contributed by atoms with van der Waals surface area (Å²) in [6, 6.07) is 0.101. The fourth-order valence-electron chi connectivity index (χ4n) is 1.76. The number of carbonyl (C=O) groups excluding carboxylic acids is 1. The van der Waals surface area contributed by atoms with Gasteiger partial charge < -0.3 is 15.4 Å². The average Bonchev–Trinajstić information content (AvgIpc) is 2.62. The highest BCUT2D eigenvalue weighted by molar-refractivity contribution is 5.90. The van der Waals surface area contributed by atoms with Gasteiger partial charge in [-0.2, -0.15) is 5.10 Å². The zero-order valence-electron chi connectivity index (χ0n) is 10.2. The number of hydrogen-bond donors (Lipinski definition) is 3. The van der Waals surface area contributed by atoms with Gasteiger partial charge >= 0.3 is 0 Å². The van der Waals surface area contributed by atoms with Gasteiger partial charge in [-0.25, -0.2) is 0 Å². The summed E-state index contributed by atoms with van der Waals surface area (Å²) >= 11 is 0. The molecule has 3 N–H and O–H groups in total. The molecule has 1 aliphatic heterocycles. The first-order valence-electron chi connectivity index (χ1n) is 5.79. The van der Waals surface area contributed by atoms with E-state index in [4.69, 9.17) is 4.74 Å². The highest BCUT2D eigenvalue weighted by Crippen LogP contribution is 2.14. The van der Waals surface area contributed by atoms with E-state index in [9.17, 15) is 4.79 Å². The molecular weight excluding hydrogens is 220 g/mol. The number of aromatic nitrogens is 2. The van der Waals surface area contributed by atoms with E-state index in [-0.39, 0.29) is 11.9 Å². The quantitative estimate of drug-likeness (QED) is 0.709. The maximum atomic E-state index is 11.8. The van der Waals surface area contributed by atoms with E-state index in [1.807, 2.05) is 13.8 Å². The van der Waals surface area contributed by atoms with Gasteiger partial charge in [0.1, 0.15) is 0 Å². The summed E-state index contributed by atoms with van der Waals surface area (Å²) < 4.78 is 5.30. The van der Waals surface area contributed by atoms with Gasteiger partial charge in [0.15, 0.2) is 5.82 Å². The van der Waals surface area contributed by atoms with Crippen molar-refractivity contribution in [3.8, 4) is 0 Å². The summed E-state index contributed by atoms with van der Waals surface area (Å²) in [5.74, 6) is 0.576. The molecule has 6 heteroatoms. The van der Waals surface area contributed by atoms with Crippen molar-refractivity contribution in [1.29, 1.82) is 0 Å². The van der Waals surface area contributed by atoms with E-state index >= 15 is 0 Å². The molecular formula is C11H18N4O2. The summed E-state index contributed by atoms with van der Waals surface area (Å²) in [6.07, 6.45) is 0.408. The van der Waals surface area contributed by atoms with Crippen molar-refractivity contribution in [2.75, 3.05) is 25.1 Å². The Hall–Kier alpha value is -1.40. The van der Waals surface area contributed by atoms with Crippen LogP contribution in [0.5, 0.6) is 0 Å². The normalized spacial score (nSPS) is 20.2. The second-order valence-electron chi connectivity index (χ2n) is 4.30. The van der Waals surface area contributed by atoms with Crippen molar-refractivity contribution >= 4 is 11.7 Å². The molecule has 0 saturated carbocycles. The van der Waals surface area contributed by atoms with E-state index in [0.29, 0.717) is 18.8 Å². The fraction of sp³-hybridized carbons (Fsp3) is 0.636. The van der Waals surface area contributed by atoms with Crippen LogP contribution in [-0.4, -0.2) is 41.9 Å². The number of hydrogen-bond acceptors (Lipinski definition) is 4. The number of anilines is 1. The molecule has 0 radical (unpaired) electrons. The molecule has 0 aromatic carbocycles. The minimum Gasteiger partial charge on any atom is -0.378 e. The van der Waals surface area contributed by atoms with Crippen LogP contribution in [-0.2, 0) is 9.53 Å². The van der Waals surface area contributed by atoms with Crippen LogP contribution in [0.2, 0.25) is 0 Å². The number of amides is 1. The molecule has 1 aliphatic rings. The summed E-state index contributed by atoms with van der Waals surface area (Å²) in [6.45, 7) is 5.96. The Morgan fingerprint density at radius 2 is 2.41 bits per heavy atom. The van der Waals surface area contributed by atoms with Crippen LogP contribution >= 0.6 is 0 Å². The second kappa shape index (κ2) is 5.29. The van der Waals surface area contributed by atoms with Gasteiger partial charge in [-0.1, -0.05) is 0 Å². The summed E-state index contributed by atoms with van der Waals surface area (Å²) in [5, 5.41) is 12.9. The molecule has 1 fully saturated rings. The van der Waals surface area contributed by atoms with Gasteiger partial charge in [-0.05, 0) is 13.8 Å². The van der Waals surface area contributed by atoms with Crippen LogP contribution in [0.1, 0.15) is 17.7 Å². The minimum atomic E-state index is -0.0393. The van der Waals surface area contributed by atoms with Crippen molar-refractivity contribution in [2.45, 2.75) is 26.3 Å². The Morgan fingerprint density at radius 3 is 3.00 bits per heavy atom. The van der Waals surface area contributed by atoms with E-state index in [0.717, 1.165) is 24.4 Å². The maximum absolute atomic E-state index is 11.8. The first-order valence-corrected chi connectivity index (χ1v) is 5.79. The Bertz CT molecular complexity index is 396. The zero-order chi connectivity index (χ0) is 12.3. The third-order valence-corrected chi connectivity index (χ3v) is 2.94. The van der Waals surface area contributed by atoms with Crippen LogP contribution in [0.4, 0.5) is 5.82 Å². The standard InChI is InChI=1S/C11H18N4O2/c1-7-8(2)14-15-11(7)13-10(16)5-9-6-17-4-3-12-9/h9,12H,3-6H2,1-2H3,(H2,13,14,15,16). The number of morpholine rings is 1. The minimum absolute atomic E-state index is 0.0393. The Balaban J connectivity index is 1.86. The number of ether oxygens (including phenoxy) is 1. The van der Waals surface area contributed by atoms with Gasteiger partial charge in [0.2, 0.25) is 5.91 Å². The predicted octanol–water partition coefficient (Wildman–Crippen LogP) is 0.344. The number of aryl methyl sites for hydroxylation is 1. The van der Waals surface area contributed by atoms with Gasteiger partial charge in [-0.3, -0.25) is 9.89 Å². The number of aromatic amines is 1. The first-order chi connectivity index (χ1) is 8.16. The SMILES string of the molecule is Cc1[nH]nc(NC(=O)CC2COCCN2)c1C. The molecule has 1 aromatic rings. The Kier molecular flexibility index (Phi) is 3.75. The number of nitrogens with zero attached hydrogens (tertiary/aromatic N) is 1. The number of H-pyrrole nitrogens is 1. The molecule has 1 atom stereocenters. The van der Waals surface area contributed by atoms with Crippen LogP contribution in [0, 0.1) is 13.8 Å². The van der Waals surface area contributed by atoms with Crippen molar-refractivity contribution in [3.63, 3.8) is 0 Å². The van der Waals surface area contributed by atoms with Crippen molar-refractivity contribution < 1.29 is 9.53 Å². The lowest BCUT2D eigenvalue weighted by atomic mass is 10.2. The van der Waals surface area contributed by atoms with E-state index in [1.165, 1.54) is 0 Å². The molecule has 0 spiro atoms. The Morgan fingerprint density at radius 1 is 1.59 bits per heavy atom. The highest BCUT2D eigenvalue weighted by atomic mass is 16.5. The number of rotatable bonds is 3. The Labute approximate surface area is 100 Å². The van der Waals surface area contributed by atoms with Crippen molar-refractivity contribution in [2.24, 2.45) is 0 Å². The molecule has 17 heavy (non-hydrogen) atoms. The predicted molar refractivity (Wildman–Crippen MR) is 63.9 cm³/mol. The monoisotopic (exact) mass is 238 g/mol. The summed E-state index contributed by atoms with van der Waals surface area (Å²) in [5.41, 5.74) is 1.95. The topological polar surface area (TPSA) is 79.0 Å². The molecule has 1 unspecified atom stereocenters. The summed E-state index contributed by atoms with van der Waals surface area (Å²) in [7, 11) is 0. The third-order valence-electron chi connectivity index (χ3n) is 2.94. The van der Waals surface area contributed by atoms with Crippen LogP contribution in [0.25, 0.3) is 0 Å². The van der Waals surface area contributed by atoms with Crippen LogP contribution < -0.4 is 10.6 Å². The maximum Gasteiger partial charge on any atom is 0.227 e. The molecule has 94 valence electrons. The first kappa shape index (κ1) is 12.1. The van der Waals surface area contributed by atoms with Crippen molar-refractivity contribution in [1.82, 2.24) is 15.5 Å². The van der Waals surface area contributed by atoms with Gasteiger partial charge in [0.25, 0.3) is 0 Å². The second-order valence-corrected chi connectivity index (χ2v) is 4.30. The molecule has 1 saturated heterocycles. The molecule has 2 rings (SSSR count). The highest BCUT2D eigenvalue weighted by Gasteiger charge is 2.18. The molecule has 1 amide bonds. The van der Waals surface area contributed by atoms with E-state index in [2.05, 4.69) is 20.8 Å². The van der Waals surface area contributed by atoms with Gasteiger partial charge in [0.05, 0.1) is 13.2 Å². The lowest BCUT2D eigenvalue weighted by Gasteiger charge is -2.23. The van der Waals surface area contributed by atoms with Gasteiger partial charge in [0, 0.05) is 30.3 Å². The van der Waals surface area contributed by atoms with E-state index < -0.39 is 0 Å². The van der Waals surface area contributed by atoms with Crippen molar-refractivity contribution in [3.05, 3.63) is 11.3 Å². The number of nitrogens with one attached hydrogen (secondary N) is 3. The summed E-state index contributed by atoms with van der Waals surface area (Å²) in [4.78, 5) is 11.8. The third kappa shape index (κ3) is 3.04. The molecule has 2 heterocycles. The number of carbonyl (C=O) groups is 1. The lowest BCUT2D eigenvalue weighted by molar-refractivity contribution is -0.117. The van der Waals surface area contributed by atoms with E-state index in [1.54, 1.807) is 0 Å². The zero-order valence-corrected chi connectivity index (χ0v) is 10.2. The lowest BCUT2D eigenvalue weighted by Crippen LogP contribution is -2.43.